The number of hydrogen-bond acceptors (Lipinski definition) is 34. The van der Waals surface area contributed by atoms with Gasteiger partial charge in [-0.3, -0.25) is 111 Å². The van der Waals surface area contributed by atoms with E-state index in [2.05, 4.69) is 106 Å². The molecule has 42 N–H and O–H groups in total. The number of carbonyl (C=O) groups excluding carboxylic acids is 21. The zero-order valence-electron chi connectivity index (χ0n) is 84.3. The van der Waals surface area contributed by atoms with Crippen LogP contribution in [0.2, 0.25) is 0 Å². The second-order valence-electron chi connectivity index (χ2n) is 35.2. The third-order valence-corrected chi connectivity index (χ3v) is 23.0. The number of carboxylic acid groups (broad SMARTS) is 2. The molecule has 0 radical (unpaired) electrons. The fraction of sp³-hybridized carbons (Fsp3) is 0.604. The van der Waals surface area contributed by atoms with Crippen LogP contribution < -0.4 is 146 Å². The van der Waals surface area contributed by atoms with Crippen LogP contribution in [0, 0.1) is 11.3 Å². The summed E-state index contributed by atoms with van der Waals surface area (Å²) in [4.78, 5) is 311. The van der Waals surface area contributed by atoms with Crippen molar-refractivity contribution in [1.29, 1.82) is 5.41 Å². The molecule has 0 aliphatic rings. The molecule has 2 rings (SSSR count). The minimum atomic E-state index is -2.02. The van der Waals surface area contributed by atoms with Crippen molar-refractivity contribution >= 4 is 154 Å². The van der Waals surface area contributed by atoms with Crippen molar-refractivity contribution in [2.24, 2.45) is 46.1 Å². The standard InChI is InChI=1S/C91H148N28O30S/c1-46(2)71(117-68(128)41-101-76(134)61(38-66(97)126)113-85(143)62(39-70(130)131)114-84(142)59(111-75(133)52(95)43-120)36-50-20-9-7-10-21-50)87(145)102-42-69(129)118-72(48(4)123)88(146)103-40-67(127)105-58(30-35-150-6)81(139)107-54(25-14-17-32-93)78(136)108-55(26-15-18-33-94)82(140)119-73(49(5)124)89(147)115-63(44-121)86(144)112-60(37-51-22-11-8-12-23-51)83(141)110-57(28-29-65(96)125)80(138)109-56(27-19-34-100-91(98)99)77(135)104-47(3)74(132)106-53(24-13-16-31-92)79(137)116-64(45-122)90(148)149/h7-12,20-23,46-49,52-64,71-73,120-124H,13-19,24-45,92-95H2,1-6H3,(H2,96,125)(H2,97,126)(H,101,134)(H,102,145)(H,103,146)(H,104,135)(H,105,127)(H,106,132)(H,107,139)(H,108,136)(H,109,138)(H,110,141)(H,111,133)(H,112,144)(H,113,143)(H,114,142)(H,115,147)(H,116,137)(H,117,128)(H,118,129)(H,119,140)(H,130,131)(H,148,149)(H4,98,99,100)/t47-,48+,49+,52-,53-,54-,55-,56-,57-,58-,59-,60-,61-,62-,63-,64-,71-,72-,73-/m0/s1. The maximum Gasteiger partial charge on any atom is 0.328 e. The average Bonchev–Trinajstić information content (AvgIpc) is 0.843. The van der Waals surface area contributed by atoms with Crippen LogP contribution in [0.4, 0.5) is 0 Å². The summed E-state index contributed by atoms with van der Waals surface area (Å²) in [6.45, 7) is 0.747. The van der Waals surface area contributed by atoms with Gasteiger partial charge in [0.1, 0.15) is 103 Å². The Morgan fingerprint density at radius 1 is 0.333 bits per heavy atom. The highest BCUT2D eigenvalue weighted by Crippen LogP contribution is 2.15. The second kappa shape index (κ2) is 71.2. The lowest BCUT2D eigenvalue weighted by atomic mass is 10.0. The monoisotopic (exact) mass is 2150 g/mol. The van der Waals surface area contributed by atoms with Gasteiger partial charge in [-0.05, 0) is 153 Å². The Bertz CT molecular complexity index is 4820. The average molecular weight is 2150 g/mol. The van der Waals surface area contributed by atoms with E-state index < -0.39 is 328 Å². The topological polar surface area (TPSA) is 981 Å². The van der Waals surface area contributed by atoms with Gasteiger partial charge in [0.15, 0.2) is 5.96 Å². The van der Waals surface area contributed by atoms with Gasteiger partial charge in [0, 0.05) is 25.8 Å². The van der Waals surface area contributed by atoms with Gasteiger partial charge < -0.3 is 182 Å². The first-order chi connectivity index (χ1) is 70.9. The van der Waals surface area contributed by atoms with Crippen LogP contribution in [0.3, 0.4) is 0 Å². The maximum atomic E-state index is 14.7. The summed E-state index contributed by atoms with van der Waals surface area (Å²) in [6.07, 6.45) is -4.99. The lowest BCUT2D eigenvalue weighted by molar-refractivity contribution is -0.143. The third-order valence-electron chi connectivity index (χ3n) is 22.4. The van der Waals surface area contributed by atoms with E-state index in [0.29, 0.717) is 24.0 Å². The van der Waals surface area contributed by atoms with Crippen LogP contribution in [0.25, 0.3) is 0 Å². The Hall–Kier alpha value is -14.5. The molecule has 0 unspecified atom stereocenters. The molecular weight excluding hydrogens is 2000 g/mol. The minimum Gasteiger partial charge on any atom is -0.481 e. The highest BCUT2D eigenvalue weighted by molar-refractivity contribution is 7.98. The van der Waals surface area contributed by atoms with Crippen LogP contribution in [-0.4, -0.2) is 370 Å². The minimum absolute atomic E-state index is 0.00704. The first-order valence-electron chi connectivity index (χ1n) is 48.3. The van der Waals surface area contributed by atoms with E-state index in [0.717, 1.165) is 13.8 Å². The number of aliphatic hydroxyl groups is 5. The van der Waals surface area contributed by atoms with Gasteiger partial charge in [-0.25, -0.2) is 4.79 Å². The van der Waals surface area contributed by atoms with Gasteiger partial charge in [-0.1, -0.05) is 74.5 Å². The second-order valence-corrected chi connectivity index (χ2v) is 36.2. The molecule has 58 nitrogen and oxygen atoms in total. The molecule has 0 aliphatic heterocycles. The maximum absolute atomic E-state index is 14.7. The summed E-state index contributed by atoms with van der Waals surface area (Å²) in [5.74, 6) is -27.5. The number of carboxylic acids is 2. The van der Waals surface area contributed by atoms with Crippen molar-refractivity contribution in [2.45, 2.75) is 265 Å². The van der Waals surface area contributed by atoms with Crippen molar-refractivity contribution in [3.8, 4) is 0 Å². The summed E-state index contributed by atoms with van der Waals surface area (Å²) in [5.41, 5.74) is 40.0. The number of unbranched alkanes of at least 4 members (excludes halogenated alkanes) is 3. The number of aliphatic carboxylic acids is 2. The number of benzene rings is 2. The Balaban J connectivity index is 2.35. The molecule has 2 aromatic rings. The van der Waals surface area contributed by atoms with Crippen molar-refractivity contribution in [3.63, 3.8) is 0 Å². The molecule has 2 aromatic carbocycles. The van der Waals surface area contributed by atoms with Crippen molar-refractivity contribution in [3.05, 3.63) is 71.8 Å². The normalized spacial score (nSPS) is 14.8. The number of guanidine groups is 1. The van der Waals surface area contributed by atoms with Crippen LogP contribution in [0.5, 0.6) is 0 Å². The SMILES string of the molecule is CSCC[C@H](NC(=O)CNC(=O)[C@@H](NC(=O)CNC(=O)[C@@H](NC(=O)CNC(=O)[C@H](CC(N)=O)NC(=O)[C@H](CC(=O)O)NC(=O)[C@H](Cc1ccccc1)NC(=O)[C@@H](N)CO)C(C)C)[C@@H](C)O)C(=O)N[C@@H](CCCCN)C(=O)N[C@@H](CCCCN)C(=O)N[C@H](C(=O)N[C@@H](CO)C(=O)N[C@@H](Cc1ccccc1)C(=O)N[C@@H](CCC(N)=O)C(=O)N[C@@H](CCCNC(=N)N)C(=O)N[C@@H](C)C(=O)N[C@@H](CCCCN)C(=O)N[C@@H](CO)C(=O)O)[C@@H](C)O. The molecule has 0 aromatic heterocycles. The molecule has 59 heteroatoms. The Morgan fingerprint density at radius 3 is 1.07 bits per heavy atom. The highest BCUT2D eigenvalue weighted by atomic mass is 32.2. The molecule has 0 heterocycles. The number of nitrogens with one attached hydrogen (secondary N) is 21. The predicted molar refractivity (Wildman–Crippen MR) is 536 cm³/mol. The summed E-state index contributed by atoms with van der Waals surface area (Å²) >= 11 is 1.24. The molecule has 150 heavy (non-hydrogen) atoms. The lowest BCUT2D eigenvalue weighted by Crippen LogP contribution is -2.62. The summed E-state index contributed by atoms with van der Waals surface area (Å²) in [7, 11) is 0. The summed E-state index contributed by atoms with van der Waals surface area (Å²) in [5, 5.41) is 125. The van der Waals surface area contributed by atoms with Crippen LogP contribution in [-0.2, 0) is 123 Å². The lowest BCUT2D eigenvalue weighted by Gasteiger charge is -2.29. The third kappa shape index (κ3) is 51.4. The molecule has 838 valence electrons. The van der Waals surface area contributed by atoms with Gasteiger partial charge >= 0.3 is 11.9 Å². The Labute approximate surface area is 868 Å². The number of thioether (sulfide) groups is 1. The fourth-order valence-electron chi connectivity index (χ4n) is 14.1. The number of amides is 21. The van der Waals surface area contributed by atoms with Crippen molar-refractivity contribution < 1.29 is 146 Å². The number of aliphatic hydroxyl groups excluding tert-OH is 5. The first kappa shape index (κ1) is 132. The predicted octanol–water partition coefficient (Wildman–Crippen LogP) is -14.6. The van der Waals surface area contributed by atoms with E-state index in [9.17, 15) is 146 Å². The molecule has 19 atom stereocenters. The Kier molecular flexibility index (Phi) is 62.4. The van der Waals surface area contributed by atoms with Gasteiger partial charge in [-0.15, -0.1) is 0 Å². The quantitative estimate of drug-likeness (QED) is 0.0166. The van der Waals surface area contributed by atoms with Gasteiger partial charge in [0.05, 0.1) is 64.5 Å². The number of primary amides is 2. The molecule has 0 spiro atoms. The Morgan fingerprint density at radius 2 is 0.673 bits per heavy atom. The van der Waals surface area contributed by atoms with E-state index in [1.165, 1.54) is 44.7 Å². The van der Waals surface area contributed by atoms with Crippen molar-refractivity contribution in [1.82, 2.24) is 106 Å². The molecule has 0 bridgehead atoms. The van der Waals surface area contributed by atoms with Gasteiger partial charge in [-0.2, -0.15) is 11.8 Å². The highest BCUT2D eigenvalue weighted by Gasteiger charge is 2.41. The first-order valence-corrected chi connectivity index (χ1v) is 49.7. The van der Waals surface area contributed by atoms with E-state index in [1.54, 1.807) is 54.8 Å². The summed E-state index contributed by atoms with van der Waals surface area (Å²) in [6, 6.07) is -12.7. The van der Waals surface area contributed by atoms with Crippen LogP contribution in [0.1, 0.15) is 148 Å². The fourth-order valence-corrected chi connectivity index (χ4v) is 14.5. The van der Waals surface area contributed by atoms with E-state index >= 15 is 0 Å². The van der Waals surface area contributed by atoms with E-state index in [1.807, 2.05) is 0 Å². The molecule has 0 saturated heterocycles. The van der Waals surface area contributed by atoms with Crippen LogP contribution >= 0.6 is 11.8 Å². The largest absolute Gasteiger partial charge is 0.481 e. The van der Waals surface area contributed by atoms with Gasteiger partial charge in [0.2, 0.25) is 124 Å². The number of nitrogens with two attached hydrogens (primary N) is 7. The van der Waals surface area contributed by atoms with E-state index in [-0.39, 0.29) is 109 Å². The van der Waals surface area contributed by atoms with Crippen molar-refractivity contribution in [2.75, 3.05) is 77.6 Å². The molecule has 21 amide bonds. The zero-order chi connectivity index (χ0) is 113. The molecular formula is C91H148N28O30S. The number of carbonyl (C=O) groups is 23. The molecule has 0 fully saturated rings. The smallest absolute Gasteiger partial charge is 0.328 e. The molecule has 0 saturated carbocycles. The molecule has 0 aliphatic carbocycles. The summed E-state index contributed by atoms with van der Waals surface area (Å²) < 4.78 is 0. The van der Waals surface area contributed by atoms with E-state index in [4.69, 9.17) is 45.5 Å². The zero-order valence-corrected chi connectivity index (χ0v) is 85.1. The van der Waals surface area contributed by atoms with Gasteiger partial charge in [0.25, 0.3) is 0 Å². The number of rotatable bonds is 75. The van der Waals surface area contributed by atoms with Crippen LogP contribution in [0.15, 0.2) is 60.7 Å². The number of hydrogen-bond donors (Lipinski definition) is 35.